The van der Waals surface area contributed by atoms with E-state index in [1.807, 2.05) is 0 Å². The Bertz CT molecular complexity index is 377. The Labute approximate surface area is 135 Å². The first-order valence-electron chi connectivity index (χ1n) is 9.47. The molecule has 3 rings (SSSR count). The fourth-order valence-corrected chi connectivity index (χ4v) is 4.81. The second-order valence-corrected chi connectivity index (χ2v) is 7.63. The fraction of sp³-hybridized carbons (Fsp3) is 0.944. The van der Waals surface area contributed by atoms with Crippen molar-refractivity contribution in [2.75, 3.05) is 13.1 Å². The highest BCUT2D eigenvalue weighted by molar-refractivity contribution is 5.80. The summed E-state index contributed by atoms with van der Waals surface area (Å²) in [5, 5.41) is 16.5. The van der Waals surface area contributed by atoms with E-state index >= 15 is 0 Å². The van der Waals surface area contributed by atoms with E-state index in [9.17, 15) is 5.11 Å². The van der Waals surface area contributed by atoms with Crippen LogP contribution < -0.4 is 10.6 Å². The fourth-order valence-electron chi connectivity index (χ4n) is 4.81. The van der Waals surface area contributed by atoms with Crippen molar-refractivity contribution in [2.24, 2.45) is 22.7 Å². The van der Waals surface area contributed by atoms with Gasteiger partial charge in [0.2, 0.25) is 0 Å². The van der Waals surface area contributed by atoms with Crippen LogP contribution >= 0.6 is 0 Å². The van der Waals surface area contributed by atoms with Crippen molar-refractivity contribution in [3.8, 4) is 0 Å². The molecule has 0 heterocycles. The van der Waals surface area contributed by atoms with Crippen LogP contribution in [0.2, 0.25) is 0 Å². The van der Waals surface area contributed by atoms with Gasteiger partial charge in [0.05, 0.1) is 6.10 Å². The molecule has 0 aromatic carbocycles. The van der Waals surface area contributed by atoms with E-state index in [-0.39, 0.29) is 6.10 Å². The average Bonchev–Trinajstić information content (AvgIpc) is 3.12. The highest BCUT2D eigenvalue weighted by Gasteiger charge is 2.38. The Balaban J connectivity index is 1.43. The van der Waals surface area contributed by atoms with E-state index in [0.717, 1.165) is 62.5 Å². The zero-order valence-electron chi connectivity index (χ0n) is 14.1. The molecule has 0 amide bonds. The van der Waals surface area contributed by atoms with Gasteiger partial charge in [0, 0.05) is 19.1 Å². The highest BCUT2D eigenvalue weighted by atomic mass is 16.3. The topological polar surface area (TPSA) is 56.7 Å². The number of fused-ring (bicyclic) bond motifs is 2. The smallest absolute Gasteiger partial charge is 0.191 e. The molecule has 3 aliphatic rings. The maximum absolute atomic E-state index is 9.61. The molecule has 3 N–H and O–H groups in total. The Morgan fingerprint density at radius 2 is 1.91 bits per heavy atom. The van der Waals surface area contributed by atoms with Gasteiger partial charge in [-0.15, -0.1) is 0 Å². The molecule has 3 aliphatic carbocycles. The summed E-state index contributed by atoms with van der Waals surface area (Å²) >= 11 is 0. The van der Waals surface area contributed by atoms with E-state index in [1.165, 1.54) is 32.1 Å². The number of nitrogens with zero attached hydrogens (tertiary/aromatic N) is 1. The maximum Gasteiger partial charge on any atom is 0.191 e. The number of nitrogens with one attached hydrogen (secondary N) is 2. The first-order valence-corrected chi connectivity index (χ1v) is 9.47. The van der Waals surface area contributed by atoms with Crippen molar-refractivity contribution < 1.29 is 5.11 Å². The van der Waals surface area contributed by atoms with Crippen molar-refractivity contribution in [1.82, 2.24) is 10.6 Å². The van der Waals surface area contributed by atoms with Crippen molar-refractivity contribution in [2.45, 2.75) is 76.9 Å². The molecule has 0 aliphatic heterocycles. The molecule has 22 heavy (non-hydrogen) atoms. The second-order valence-electron chi connectivity index (χ2n) is 7.63. The number of hydrogen-bond acceptors (Lipinski definition) is 2. The summed E-state index contributed by atoms with van der Waals surface area (Å²) in [6, 6.07) is 0.476. The number of aliphatic hydroxyl groups is 1. The van der Waals surface area contributed by atoms with Crippen LogP contribution in [0, 0.1) is 17.8 Å². The summed E-state index contributed by atoms with van der Waals surface area (Å²) in [5.41, 5.74) is 0. The number of aliphatic hydroxyl groups excluding tert-OH is 1. The predicted octanol–water partition coefficient (Wildman–Crippen LogP) is 2.67. The summed E-state index contributed by atoms with van der Waals surface area (Å²) in [7, 11) is 0. The maximum atomic E-state index is 9.61. The molecule has 0 aromatic heterocycles. The van der Waals surface area contributed by atoms with Crippen LogP contribution in [0.4, 0.5) is 0 Å². The Kier molecular flexibility index (Phi) is 5.61. The van der Waals surface area contributed by atoms with Gasteiger partial charge in [-0.25, -0.2) is 0 Å². The van der Waals surface area contributed by atoms with Crippen molar-refractivity contribution in [3.63, 3.8) is 0 Å². The monoisotopic (exact) mass is 307 g/mol. The molecule has 4 nitrogen and oxygen atoms in total. The molecular formula is C18H33N3O. The van der Waals surface area contributed by atoms with Crippen molar-refractivity contribution in [3.05, 3.63) is 0 Å². The Morgan fingerprint density at radius 3 is 2.55 bits per heavy atom. The molecule has 4 heteroatoms. The average molecular weight is 307 g/mol. The normalized spacial score (nSPS) is 38.3. The van der Waals surface area contributed by atoms with Crippen LogP contribution in [0.15, 0.2) is 4.99 Å². The van der Waals surface area contributed by atoms with Crippen LogP contribution in [0.5, 0.6) is 0 Å². The molecule has 0 aromatic rings. The van der Waals surface area contributed by atoms with Crippen molar-refractivity contribution >= 4 is 5.96 Å². The molecule has 0 saturated heterocycles. The molecule has 2 bridgehead atoms. The standard InChI is InChI=1S/C18H33N3O/c1-2-19-18(21-16-5-7-17(22)8-6-16)20-10-9-15-12-13-3-4-14(15)11-13/h13-17,22H,2-12H2,1H3,(H2,19,20,21). The van der Waals surface area contributed by atoms with Gasteiger partial charge in [-0.05, 0) is 76.0 Å². The SMILES string of the molecule is CCNC(=NCCC1CC2CCC1C2)NC1CCC(O)CC1. The zero-order chi connectivity index (χ0) is 15.4. The largest absolute Gasteiger partial charge is 0.393 e. The van der Waals surface area contributed by atoms with Gasteiger partial charge in [-0.3, -0.25) is 4.99 Å². The predicted molar refractivity (Wildman–Crippen MR) is 90.9 cm³/mol. The molecule has 126 valence electrons. The van der Waals surface area contributed by atoms with Crippen molar-refractivity contribution in [1.29, 1.82) is 0 Å². The van der Waals surface area contributed by atoms with Crippen LogP contribution in [0.25, 0.3) is 0 Å². The molecular weight excluding hydrogens is 274 g/mol. The number of aliphatic imine (C=N–C) groups is 1. The summed E-state index contributed by atoms with van der Waals surface area (Å²) in [5.74, 6) is 3.97. The Morgan fingerprint density at radius 1 is 1.09 bits per heavy atom. The van der Waals surface area contributed by atoms with Gasteiger partial charge in [-0.2, -0.15) is 0 Å². The minimum Gasteiger partial charge on any atom is -0.393 e. The lowest BCUT2D eigenvalue weighted by Gasteiger charge is -2.27. The van der Waals surface area contributed by atoms with Gasteiger partial charge in [0.15, 0.2) is 5.96 Å². The number of rotatable bonds is 5. The van der Waals surface area contributed by atoms with E-state index in [1.54, 1.807) is 0 Å². The third-order valence-corrected chi connectivity index (χ3v) is 6.04. The van der Waals surface area contributed by atoms with E-state index < -0.39 is 0 Å². The molecule has 0 radical (unpaired) electrons. The molecule has 3 saturated carbocycles. The third-order valence-electron chi connectivity index (χ3n) is 6.04. The third kappa shape index (κ3) is 4.15. The molecule has 3 atom stereocenters. The second kappa shape index (κ2) is 7.67. The van der Waals surface area contributed by atoms with Crippen LogP contribution in [0.1, 0.15) is 64.7 Å². The minimum atomic E-state index is -0.0876. The van der Waals surface area contributed by atoms with Gasteiger partial charge in [0.1, 0.15) is 0 Å². The quantitative estimate of drug-likeness (QED) is 0.541. The number of guanidine groups is 1. The summed E-state index contributed by atoms with van der Waals surface area (Å²) in [4.78, 5) is 4.81. The minimum absolute atomic E-state index is 0.0876. The highest BCUT2D eigenvalue weighted by Crippen LogP contribution is 2.49. The van der Waals surface area contributed by atoms with Crippen LogP contribution in [-0.4, -0.2) is 36.3 Å². The van der Waals surface area contributed by atoms with E-state index in [4.69, 9.17) is 4.99 Å². The lowest BCUT2D eigenvalue weighted by Crippen LogP contribution is -2.45. The van der Waals surface area contributed by atoms with Gasteiger partial charge in [0.25, 0.3) is 0 Å². The number of hydrogen-bond donors (Lipinski definition) is 3. The first-order chi connectivity index (χ1) is 10.7. The zero-order valence-corrected chi connectivity index (χ0v) is 14.1. The summed E-state index contributed by atoms with van der Waals surface area (Å²) < 4.78 is 0. The van der Waals surface area contributed by atoms with Gasteiger partial charge < -0.3 is 15.7 Å². The van der Waals surface area contributed by atoms with Crippen LogP contribution in [-0.2, 0) is 0 Å². The van der Waals surface area contributed by atoms with E-state index in [2.05, 4.69) is 17.6 Å². The molecule has 3 unspecified atom stereocenters. The molecule has 3 fully saturated rings. The van der Waals surface area contributed by atoms with Gasteiger partial charge >= 0.3 is 0 Å². The summed E-state index contributed by atoms with van der Waals surface area (Å²) in [6.45, 7) is 3.99. The van der Waals surface area contributed by atoms with Gasteiger partial charge in [-0.1, -0.05) is 6.42 Å². The van der Waals surface area contributed by atoms with Crippen LogP contribution in [0.3, 0.4) is 0 Å². The summed E-state index contributed by atoms with van der Waals surface area (Å²) in [6.07, 6.45) is 11.0. The lowest BCUT2D eigenvalue weighted by atomic mass is 9.86. The first kappa shape index (κ1) is 16.1. The van der Waals surface area contributed by atoms with E-state index in [0.29, 0.717) is 6.04 Å². The lowest BCUT2D eigenvalue weighted by molar-refractivity contribution is 0.120. The molecule has 0 spiro atoms. The Hall–Kier alpha value is -0.770.